The van der Waals surface area contributed by atoms with Crippen molar-refractivity contribution in [1.82, 2.24) is 10.2 Å². The Morgan fingerprint density at radius 2 is 1.94 bits per heavy atom. The first-order valence-corrected chi connectivity index (χ1v) is 6.09. The number of nitrogen functional groups attached to an aromatic ring is 1. The molecule has 4 nitrogen and oxygen atoms in total. The van der Waals surface area contributed by atoms with Crippen LogP contribution in [-0.2, 0) is 6.42 Å². The van der Waals surface area contributed by atoms with Crippen LogP contribution in [0.3, 0.4) is 0 Å². The summed E-state index contributed by atoms with van der Waals surface area (Å²) in [4.78, 5) is 0. The summed E-state index contributed by atoms with van der Waals surface area (Å²) in [6.07, 6.45) is 0.912. The summed E-state index contributed by atoms with van der Waals surface area (Å²) < 4.78 is 5.13. The molecule has 0 unspecified atom stereocenters. The van der Waals surface area contributed by atoms with Crippen LogP contribution < -0.4 is 10.5 Å². The first-order chi connectivity index (χ1) is 8.61. The van der Waals surface area contributed by atoms with Gasteiger partial charge in [0, 0.05) is 5.56 Å². The molecule has 0 bridgehead atoms. The van der Waals surface area contributed by atoms with Gasteiger partial charge in [-0.05, 0) is 36.6 Å². The fraction of sp³-hybridized carbons (Fsp3) is 0.357. The lowest BCUT2D eigenvalue weighted by molar-refractivity contribution is 0.415. The van der Waals surface area contributed by atoms with Crippen molar-refractivity contribution in [2.75, 3.05) is 12.8 Å². The van der Waals surface area contributed by atoms with Gasteiger partial charge in [0.25, 0.3) is 0 Å². The van der Waals surface area contributed by atoms with Crippen molar-refractivity contribution in [3.05, 3.63) is 30.0 Å². The SMILES string of the molecule is COc1ccc(-c2n[nH]c(CC(C)C)c2N)cc1. The number of H-pyrrole nitrogens is 1. The monoisotopic (exact) mass is 245 g/mol. The Morgan fingerprint density at radius 1 is 1.28 bits per heavy atom. The molecule has 0 atom stereocenters. The lowest BCUT2D eigenvalue weighted by Crippen LogP contribution is -1.98. The van der Waals surface area contributed by atoms with Gasteiger partial charge >= 0.3 is 0 Å². The Bertz CT molecular complexity index is 514. The van der Waals surface area contributed by atoms with Gasteiger partial charge in [-0.25, -0.2) is 0 Å². The van der Waals surface area contributed by atoms with Crippen LogP contribution in [0, 0.1) is 5.92 Å². The molecule has 0 aliphatic heterocycles. The summed E-state index contributed by atoms with van der Waals surface area (Å²) >= 11 is 0. The molecule has 18 heavy (non-hydrogen) atoms. The number of rotatable bonds is 4. The summed E-state index contributed by atoms with van der Waals surface area (Å²) in [6, 6.07) is 7.74. The Morgan fingerprint density at radius 3 is 2.50 bits per heavy atom. The lowest BCUT2D eigenvalue weighted by atomic mass is 10.0. The molecule has 4 heteroatoms. The third-order valence-corrected chi connectivity index (χ3v) is 2.86. The predicted molar refractivity (Wildman–Crippen MR) is 73.5 cm³/mol. The molecule has 3 N–H and O–H groups in total. The molecular formula is C14H19N3O. The van der Waals surface area contributed by atoms with E-state index in [2.05, 4.69) is 24.0 Å². The summed E-state index contributed by atoms with van der Waals surface area (Å²) in [6.45, 7) is 4.32. The summed E-state index contributed by atoms with van der Waals surface area (Å²) in [5.41, 5.74) is 9.70. The summed E-state index contributed by atoms with van der Waals surface area (Å²) in [5.74, 6) is 1.38. The molecule has 0 saturated carbocycles. The van der Waals surface area contributed by atoms with E-state index >= 15 is 0 Å². The minimum Gasteiger partial charge on any atom is -0.497 e. The van der Waals surface area contributed by atoms with Crippen LogP contribution in [0.5, 0.6) is 5.75 Å². The number of nitrogens with zero attached hydrogens (tertiary/aromatic N) is 1. The van der Waals surface area contributed by atoms with Gasteiger partial charge in [-0.2, -0.15) is 5.10 Å². The van der Waals surface area contributed by atoms with E-state index in [1.165, 1.54) is 0 Å². The molecule has 1 heterocycles. The Hall–Kier alpha value is -1.97. The normalized spacial score (nSPS) is 10.9. The van der Waals surface area contributed by atoms with E-state index in [0.717, 1.165) is 34.8 Å². The zero-order valence-corrected chi connectivity index (χ0v) is 11.0. The first kappa shape index (κ1) is 12.5. The third-order valence-electron chi connectivity index (χ3n) is 2.86. The van der Waals surface area contributed by atoms with Crippen molar-refractivity contribution in [2.45, 2.75) is 20.3 Å². The summed E-state index contributed by atoms with van der Waals surface area (Å²) in [5, 5.41) is 7.33. The smallest absolute Gasteiger partial charge is 0.118 e. The maximum atomic E-state index is 6.13. The average Bonchev–Trinajstić information content (AvgIpc) is 2.71. The molecule has 0 spiro atoms. The highest BCUT2D eigenvalue weighted by Crippen LogP contribution is 2.28. The van der Waals surface area contributed by atoms with Gasteiger partial charge in [0.2, 0.25) is 0 Å². The van der Waals surface area contributed by atoms with Crippen molar-refractivity contribution >= 4 is 5.69 Å². The number of anilines is 1. The van der Waals surface area contributed by atoms with Crippen LogP contribution in [-0.4, -0.2) is 17.3 Å². The molecular weight excluding hydrogens is 226 g/mol. The van der Waals surface area contributed by atoms with Gasteiger partial charge in [0.15, 0.2) is 0 Å². The second kappa shape index (κ2) is 5.12. The van der Waals surface area contributed by atoms with Gasteiger partial charge in [-0.3, -0.25) is 5.10 Å². The highest BCUT2D eigenvalue weighted by Gasteiger charge is 2.12. The number of hydrogen-bond acceptors (Lipinski definition) is 3. The van der Waals surface area contributed by atoms with Crippen LogP contribution in [0.2, 0.25) is 0 Å². The van der Waals surface area contributed by atoms with Gasteiger partial charge in [0.05, 0.1) is 18.5 Å². The zero-order chi connectivity index (χ0) is 13.1. The molecule has 2 rings (SSSR count). The predicted octanol–water partition coefficient (Wildman–Crippen LogP) is 2.87. The van der Waals surface area contributed by atoms with Crippen molar-refractivity contribution in [2.24, 2.45) is 5.92 Å². The second-order valence-electron chi connectivity index (χ2n) is 4.79. The molecule has 96 valence electrons. The van der Waals surface area contributed by atoms with Gasteiger partial charge < -0.3 is 10.5 Å². The van der Waals surface area contributed by atoms with E-state index in [-0.39, 0.29) is 0 Å². The molecule has 1 aromatic carbocycles. The van der Waals surface area contributed by atoms with Crippen LogP contribution >= 0.6 is 0 Å². The second-order valence-corrected chi connectivity index (χ2v) is 4.79. The number of ether oxygens (including phenoxy) is 1. The van der Waals surface area contributed by atoms with E-state index in [4.69, 9.17) is 10.5 Å². The topological polar surface area (TPSA) is 63.9 Å². The van der Waals surface area contributed by atoms with Crippen LogP contribution in [0.25, 0.3) is 11.3 Å². The quantitative estimate of drug-likeness (QED) is 0.870. The van der Waals surface area contributed by atoms with Crippen molar-refractivity contribution in [3.63, 3.8) is 0 Å². The van der Waals surface area contributed by atoms with E-state index < -0.39 is 0 Å². The number of nitrogens with two attached hydrogens (primary N) is 1. The van der Waals surface area contributed by atoms with Gasteiger partial charge in [-0.15, -0.1) is 0 Å². The Kier molecular flexibility index (Phi) is 3.55. The Balaban J connectivity index is 2.30. The lowest BCUT2D eigenvalue weighted by Gasteiger charge is -2.04. The molecule has 1 aromatic heterocycles. The van der Waals surface area contributed by atoms with E-state index in [1.807, 2.05) is 24.3 Å². The van der Waals surface area contributed by atoms with Gasteiger partial charge in [0.1, 0.15) is 11.4 Å². The molecule has 2 aromatic rings. The summed E-state index contributed by atoms with van der Waals surface area (Å²) in [7, 11) is 1.65. The first-order valence-electron chi connectivity index (χ1n) is 6.09. The maximum absolute atomic E-state index is 6.13. The molecule has 0 saturated heterocycles. The average molecular weight is 245 g/mol. The number of hydrogen-bond donors (Lipinski definition) is 2. The minimum absolute atomic E-state index is 0.552. The van der Waals surface area contributed by atoms with E-state index in [9.17, 15) is 0 Å². The number of methoxy groups -OCH3 is 1. The van der Waals surface area contributed by atoms with E-state index in [1.54, 1.807) is 7.11 Å². The van der Waals surface area contributed by atoms with Crippen LogP contribution in [0.4, 0.5) is 5.69 Å². The molecule has 0 radical (unpaired) electrons. The molecule has 0 aliphatic carbocycles. The minimum atomic E-state index is 0.552. The molecule has 0 amide bonds. The third kappa shape index (κ3) is 2.47. The molecule has 0 aliphatic rings. The number of nitrogens with one attached hydrogen (secondary N) is 1. The van der Waals surface area contributed by atoms with E-state index in [0.29, 0.717) is 5.92 Å². The molecule has 0 fully saturated rings. The standard InChI is InChI=1S/C14H19N3O/c1-9(2)8-12-13(15)14(17-16-12)10-4-6-11(18-3)7-5-10/h4-7,9H,8,15H2,1-3H3,(H,16,17). The van der Waals surface area contributed by atoms with Crippen LogP contribution in [0.1, 0.15) is 19.5 Å². The fourth-order valence-electron chi connectivity index (χ4n) is 1.92. The number of benzene rings is 1. The van der Waals surface area contributed by atoms with Crippen LogP contribution in [0.15, 0.2) is 24.3 Å². The number of aromatic nitrogens is 2. The van der Waals surface area contributed by atoms with Crippen molar-refractivity contribution in [1.29, 1.82) is 0 Å². The zero-order valence-electron chi connectivity index (χ0n) is 11.0. The largest absolute Gasteiger partial charge is 0.497 e. The fourth-order valence-corrected chi connectivity index (χ4v) is 1.92. The maximum Gasteiger partial charge on any atom is 0.118 e. The van der Waals surface area contributed by atoms with Crippen molar-refractivity contribution < 1.29 is 4.74 Å². The van der Waals surface area contributed by atoms with Gasteiger partial charge in [-0.1, -0.05) is 13.8 Å². The highest BCUT2D eigenvalue weighted by molar-refractivity contribution is 5.74. The van der Waals surface area contributed by atoms with Crippen molar-refractivity contribution in [3.8, 4) is 17.0 Å². The number of aromatic amines is 1. The highest BCUT2D eigenvalue weighted by atomic mass is 16.5. The Labute approximate surface area is 107 Å².